The highest BCUT2D eigenvalue weighted by Gasteiger charge is 2.28. The van der Waals surface area contributed by atoms with Crippen LogP contribution in [0.3, 0.4) is 0 Å². The minimum atomic E-state index is -0.496. The Morgan fingerprint density at radius 1 is 1.16 bits per heavy atom. The fourth-order valence-electron chi connectivity index (χ4n) is 4.00. The highest BCUT2D eigenvalue weighted by Crippen LogP contribution is 2.27. The number of aromatic nitrogens is 2. The molecule has 0 bridgehead atoms. The number of piperidine rings is 1. The van der Waals surface area contributed by atoms with Crippen LogP contribution in [0.25, 0.3) is 11.0 Å². The van der Waals surface area contributed by atoms with Crippen molar-refractivity contribution in [3.63, 3.8) is 0 Å². The molecule has 0 N–H and O–H groups in total. The maximum Gasteiger partial charge on any atom is 0.410 e. The van der Waals surface area contributed by atoms with Gasteiger partial charge in [0.1, 0.15) is 5.60 Å². The summed E-state index contributed by atoms with van der Waals surface area (Å²) in [5.41, 5.74) is 2.40. The standard InChI is InChI=1S/C25H30ClN3O3/c1-25(2,3)32-24(30)28-14-8-9-18(15-28)17-31-23-27-21-12-6-7-13-22(21)29(23)16-19-10-4-5-11-20(19)26/h4-7,10-13,18H,8-9,14-17H2,1-3H3/t18-/m0/s1. The summed E-state index contributed by atoms with van der Waals surface area (Å²) >= 11 is 6.41. The van der Waals surface area contributed by atoms with E-state index >= 15 is 0 Å². The van der Waals surface area contributed by atoms with Crippen LogP contribution in [0.5, 0.6) is 6.01 Å². The van der Waals surface area contributed by atoms with Gasteiger partial charge in [-0.2, -0.15) is 4.98 Å². The second kappa shape index (κ2) is 9.41. The molecule has 1 amide bonds. The van der Waals surface area contributed by atoms with Crippen LogP contribution < -0.4 is 4.74 Å². The number of fused-ring (bicyclic) bond motifs is 1. The molecule has 3 aromatic rings. The first-order valence-corrected chi connectivity index (χ1v) is 11.5. The minimum absolute atomic E-state index is 0.227. The number of rotatable bonds is 5. The number of hydrogen-bond acceptors (Lipinski definition) is 4. The smallest absolute Gasteiger partial charge is 0.410 e. The molecule has 7 heteroatoms. The van der Waals surface area contributed by atoms with E-state index in [1.54, 1.807) is 4.90 Å². The summed E-state index contributed by atoms with van der Waals surface area (Å²) in [4.78, 5) is 19.0. The molecule has 0 saturated carbocycles. The van der Waals surface area contributed by atoms with Gasteiger partial charge in [-0.25, -0.2) is 4.79 Å². The van der Waals surface area contributed by atoms with Gasteiger partial charge in [0.25, 0.3) is 6.01 Å². The topological polar surface area (TPSA) is 56.6 Å². The highest BCUT2D eigenvalue weighted by atomic mass is 35.5. The number of likely N-dealkylation sites (tertiary alicyclic amines) is 1. The van der Waals surface area contributed by atoms with Crippen molar-refractivity contribution < 1.29 is 14.3 Å². The van der Waals surface area contributed by atoms with E-state index in [4.69, 9.17) is 26.1 Å². The van der Waals surface area contributed by atoms with E-state index in [-0.39, 0.29) is 12.0 Å². The summed E-state index contributed by atoms with van der Waals surface area (Å²) in [6, 6.07) is 16.4. The SMILES string of the molecule is CC(C)(C)OC(=O)N1CCC[C@H](COc2nc3ccccc3n2Cc2ccccc2Cl)C1. The lowest BCUT2D eigenvalue weighted by atomic mass is 9.99. The van der Waals surface area contributed by atoms with Gasteiger partial charge in [0.15, 0.2) is 0 Å². The Hall–Kier alpha value is -2.73. The van der Waals surface area contributed by atoms with E-state index in [0.29, 0.717) is 25.7 Å². The van der Waals surface area contributed by atoms with Gasteiger partial charge in [-0.05, 0) is 57.4 Å². The number of carbonyl (C=O) groups is 1. The van der Waals surface area contributed by atoms with Crippen LogP contribution in [0.1, 0.15) is 39.2 Å². The van der Waals surface area contributed by atoms with E-state index in [9.17, 15) is 4.79 Å². The van der Waals surface area contributed by atoms with Gasteiger partial charge in [0.2, 0.25) is 0 Å². The van der Waals surface area contributed by atoms with Crippen LogP contribution >= 0.6 is 11.6 Å². The maximum absolute atomic E-state index is 12.5. The molecule has 4 rings (SSSR count). The van der Waals surface area contributed by atoms with Crippen LogP contribution in [-0.2, 0) is 11.3 Å². The molecule has 6 nitrogen and oxygen atoms in total. The van der Waals surface area contributed by atoms with Crippen LogP contribution in [0.4, 0.5) is 4.79 Å². The first-order chi connectivity index (χ1) is 15.3. The third kappa shape index (κ3) is 5.36. The number of imidazole rings is 1. The highest BCUT2D eigenvalue weighted by molar-refractivity contribution is 6.31. The van der Waals surface area contributed by atoms with Gasteiger partial charge < -0.3 is 14.4 Å². The first kappa shape index (κ1) is 22.5. The normalized spacial score (nSPS) is 16.9. The average molecular weight is 456 g/mol. The second-order valence-corrected chi connectivity index (χ2v) is 9.71. The number of para-hydroxylation sites is 2. The van der Waals surface area contributed by atoms with E-state index in [0.717, 1.165) is 41.0 Å². The Labute approximate surface area is 194 Å². The van der Waals surface area contributed by atoms with E-state index in [2.05, 4.69) is 4.57 Å². The van der Waals surface area contributed by atoms with Gasteiger partial charge in [-0.3, -0.25) is 4.57 Å². The minimum Gasteiger partial charge on any atom is -0.464 e. The van der Waals surface area contributed by atoms with Gasteiger partial charge in [-0.1, -0.05) is 41.9 Å². The molecule has 170 valence electrons. The van der Waals surface area contributed by atoms with Gasteiger partial charge in [0, 0.05) is 24.0 Å². The van der Waals surface area contributed by atoms with Crippen molar-refractivity contribution in [1.29, 1.82) is 0 Å². The van der Waals surface area contributed by atoms with E-state index in [1.807, 2.05) is 69.3 Å². The van der Waals surface area contributed by atoms with E-state index in [1.165, 1.54) is 0 Å². The molecule has 32 heavy (non-hydrogen) atoms. The zero-order chi connectivity index (χ0) is 22.7. The molecule has 0 radical (unpaired) electrons. The Balaban J connectivity index is 1.48. The number of hydrogen-bond donors (Lipinski definition) is 0. The molecule has 0 unspecified atom stereocenters. The molecule has 1 aromatic heterocycles. The molecule has 1 aliphatic rings. The van der Waals surface area contributed by atoms with Crippen molar-refractivity contribution in [2.24, 2.45) is 5.92 Å². The maximum atomic E-state index is 12.5. The largest absolute Gasteiger partial charge is 0.464 e. The van der Waals surface area contributed by atoms with Crippen molar-refractivity contribution in [3.05, 3.63) is 59.1 Å². The predicted molar refractivity (Wildman–Crippen MR) is 126 cm³/mol. The zero-order valence-corrected chi connectivity index (χ0v) is 19.6. The summed E-state index contributed by atoms with van der Waals surface area (Å²) in [5, 5.41) is 0.719. The molecule has 2 aromatic carbocycles. The van der Waals surface area contributed by atoms with Crippen LogP contribution in [-0.4, -0.2) is 45.8 Å². The zero-order valence-electron chi connectivity index (χ0n) is 18.9. The molecular weight excluding hydrogens is 426 g/mol. The third-order valence-electron chi connectivity index (χ3n) is 5.52. The summed E-state index contributed by atoms with van der Waals surface area (Å²) in [6.45, 7) is 8.07. The number of benzene rings is 2. The molecule has 0 spiro atoms. The lowest BCUT2D eigenvalue weighted by Crippen LogP contribution is -2.44. The predicted octanol–water partition coefficient (Wildman–Crippen LogP) is 5.76. The summed E-state index contributed by atoms with van der Waals surface area (Å²) < 4.78 is 13.8. The van der Waals surface area contributed by atoms with E-state index < -0.39 is 5.60 Å². The summed E-state index contributed by atoms with van der Waals surface area (Å²) in [7, 11) is 0. The molecule has 1 fully saturated rings. The first-order valence-electron chi connectivity index (χ1n) is 11.1. The quantitative estimate of drug-likeness (QED) is 0.490. The molecular formula is C25H30ClN3O3. The molecule has 1 saturated heterocycles. The van der Waals surface area contributed by atoms with Crippen molar-refractivity contribution in [2.45, 2.75) is 45.8 Å². The van der Waals surface area contributed by atoms with Gasteiger partial charge >= 0.3 is 6.09 Å². The molecule has 2 heterocycles. The van der Waals surface area contributed by atoms with Crippen LogP contribution in [0.15, 0.2) is 48.5 Å². The summed E-state index contributed by atoms with van der Waals surface area (Å²) in [6.07, 6.45) is 1.68. The number of nitrogens with zero attached hydrogens (tertiary/aromatic N) is 3. The van der Waals surface area contributed by atoms with Crippen LogP contribution in [0.2, 0.25) is 5.02 Å². The fourth-order valence-corrected chi connectivity index (χ4v) is 4.19. The lowest BCUT2D eigenvalue weighted by molar-refractivity contribution is 0.0136. The Morgan fingerprint density at radius 3 is 2.69 bits per heavy atom. The van der Waals surface area contributed by atoms with Crippen molar-refractivity contribution in [2.75, 3.05) is 19.7 Å². The van der Waals surface area contributed by atoms with Gasteiger partial charge in [0.05, 0.1) is 24.2 Å². The Bertz CT molecular complexity index is 1090. The van der Waals surface area contributed by atoms with Crippen LogP contribution in [0, 0.1) is 5.92 Å². The molecule has 0 aliphatic carbocycles. The Kier molecular flexibility index (Phi) is 6.60. The number of ether oxygens (including phenoxy) is 2. The number of amides is 1. The monoisotopic (exact) mass is 455 g/mol. The third-order valence-corrected chi connectivity index (χ3v) is 5.89. The average Bonchev–Trinajstić information content (AvgIpc) is 3.10. The van der Waals surface area contributed by atoms with Gasteiger partial charge in [-0.15, -0.1) is 0 Å². The second-order valence-electron chi connectivity index (χ2n) is 9.31. The van der Waals surface area contributed by atoms with Crippen molar-refractivity contribution in [1.82, 2.24) is 14.5 Å². The van der Waals surface area contributed by atoms with Crippen molar-refractivity contribution in [3.8, 4) is 6.01 Å². The number of halogens is 1. The molecule has 1 atom stereocenters. The number of carbonyl (C=O) groups excluding carboxylic acids is 1. The summed E-state index contributed by atoms with van der Waals surface area (Å²) in [5.74, 6) is 0.227. The Morgan fingerprint density at radius 2 is 1.91 bits per heavy atom. The lowest BCUT2D eigenvalue weighted by Gasteiger charge is -2.33. The van der Waals surface area contributed by atoms with Crippen molar-refractivity contribution >= 4 is 28.7 Å². The fraction of sp³-hybridized carbons (Fsp3) is 0.440. The molecule has 1 aliphatic heterocycles.